The van der Waals surface area contributed by atoms with Gasteiger partial charge in [0.25, 0.3) is 0 Å². The second-order valence-corrected chi connectivity index (χ2v) is 5.24. The van der Waals surface area contributed by atoms with Gasteiger partial charge in [0.2, 0.25) is 0 Å². The molecule has 0 bridgehead atoms. The van der Waals surface area contributed by atoms with Crippen LogP contribution in [0.4, 0.5) is 11.4 Å². The van der Waals surface area contributed by atoms with Gasteiger partial charge in [-0.1, -0.05) is 0 Å². The van der Waals surface area contributed by atoms with E-state index in [9.17, 15) is 0 Å². The van der Waals surface area contributed by atoms with Crippen LogP contribution < -0.4 is 15.4 Å². The van der Waals surface area contributed by atoms with Crippen molar-refractivity contribution in [3.05, 3.63) is 18.2 Å². The molecule has 1 aromatic carbocycles. The maximum Gasteiger partial charge on any atom is 0.144 e. The Morgan fingerprint density at radius 3 is 2.72 bits per heavy atom. The lowest BCUT2D eigenvalue weighted by Gasteiger charge is -2.18. The normalized spacial score (nSPS) is 15.8. The third-order valence-electron chi connectivity index (χ3n) is 3.46. The summed E-state index contributed by atoms with van der Waals surface area (Å²) in [6.45, 7) is 0.585. The number of ether oxygens (including phenoxy) is 1. The predicted molar refractivity (Wildman–Crippen MR) is 72.6 cm³/mol. The van der Waals surface area contributed by atoms with Crippen LogP contribution in [0.25, 0.3) is 0 Å². The summed E-state index contributed by atoms with van der Waals surface area (Å²) < 4.78 is 5.80. The number of anilines is 2. The summed E-state index contributed by atoms with van der Waals surface area (Å²) in [5.74, 6) is 0.713. The SMILES string of the molecule is CN(C)c1ccc(N)c(OCC2(CC#N)CC2)c1. The molecule has 0 aromatic heterocycles. The Morgan fingerprint density at radius 1 is 1.44 bits per heavy atom. The number of nitrogens with two attached hydrogens (primary N) is 1. The fourth-order valence-corrected chi connectivity index (χ4v) is 1.87. The van der Waals surface area contributed by atoms with Crippen molar-refractivity contribution >= 4 is 11.4 Å². The van der Waals surface area contributed by atoms with Crippen molar-refractivity contribution in [3.8, 4) is 11.8 Å². The lowest BCUT2D eigenvalue weighted by Crippen LogP contribution is -2.14. The minimum Gasteiger partial charge on any atom is -0.491 e. The molecule has 0 unspecified atom stereocenters. The third-order valence-corrected chi connectivity index (χ3v) is 3.46. The van der Waals surface area contributed by atoms with Gasteiger partial charge < -0.3 is 15.4 Å². The number of hydrogen-bond acceptors (Lipinski definition) is 4. The van der Waals surface area contributed by atoms with Crippen LogP contribution in [-0.2, 0) is 0 Å². The van der Waals surface area contributed by atoms with E-state index in [-0.39, 0.29) is 5.41 Å². The van der Waals surface area contributed by atoms with Crippen molar-refractivity contribution in [3.63, 3.8) is 0 Å². The highest BCUT2D eigenvalue weighted by atomic mass is 16.5. The Balaban J connectivity index is 2.05. The van der Waals surface area contributed by atoms with Crippen LogP contribution in [0.15, 0.2) is 18.2 Å². The zero-order valence-corrected chi connectivity index (χ0v) is 10.9. The maximum absolute atomic E-state index is 8.77. The number of benzene rings is 1. The van der Waals surface area contributed by atoms with Gasteiger partial charge in [0, 0.05) is 37.7 Å². The van der Waals surface area contributed by atoms with E-state index < -0.39 is 0 Å². The van der Waals surface area contributed by atoms with Gasteiger partial charge in [0.05, 0.1) is 18.4 Å². The van der Waals surface area contributed by atoms with Crippen molar-refractivity contribution in [2.75, 3.05) is 31.3 Å². The van der Waals surface area contributed by atoms with Gasteiger partial charge >= 0.3 is 0 Å². The average Bonchev–Trinajstić information content (AvgIpc) is 3.08. The van der Waals surface area contributed by atoms with E-state index >= 15 is 0 Å². The molecular weight excluding hydrogens is 226 g/mol. The Kier molecular flexibility index (Phi) is 3.33. The first-order valence-electron chi connectivity index (χ1n) is 6.13. The summed E-state index contributed by atoms with van der Waals surface area (Å²) in [5.41, 5.74) is 7.69. The van der Waals surface area contributed by atoms with E-state index in [1.807, 2.05) is 37.2 Å². The smallest absolute Gasteiger partial charge is 0.144 e. The fourth-order valence-electron chi connectivity index (χ4n) is 1.87. The molecule has 0 atom stereocenters. The molecule has 0 heterocycles. The Hall–Kier alpha value is -1.89. The quantitative estimate of drug-likeness (QED) is 0.809. The van der Waals surface area contributed by atoms with Crippen LogP contribution in [0.3, 0.4) is 0 Å². The number of nitrogen functional groups attached to an aromatic ring is 1. The summed E-state index contributed by atoms with van der Waals surface area (Å²) in [4.78, 5) is 2.01. The summed E-state index contributed by atoms with van der Waals surface area (Å²) in [5, 5.41) is 8.77. The van der Waals surface area contributed by atoms with Crippen LogP contribution in [0.5, 0.6) is 5.75 Å². The molecule has 4 heteroatoms. The first kappa shape index (κ1) is 12.6. The third kappa shape index (κ3) is 2.67. The number of nitriles is 1. The van der Waals surface area contributed by atoms with Gasteiger partial charge in [-0.25, -0.2) is 0 Å². The molecule has 0 amide bonds. The lowest BCUT2D eigenvalue weighted by molar-refractivity contribution is 0.238. The lowest BCUT2D eigenvalue weighted by atomic mass is 10.1. The van der Waals surface area contributed by atoms with E-state index in [0.717, 1.165) is 18.5 Å². The van der Waals surface area contributed by atoms with Crippen molar-refractivity contribution in [2.45, 2.75) is 19.3 Å². The molecule has 18 heavy (non-hydrogen) atoms. The van der Waals surface area contributed by atoms with Crippen molar-refractivity contribution < 1.29 is 4.74 Å². The molecule has 1 aromatic rings. The summed E-state index contributed by atoms with van der Waals surface area (Å²) in [6, 6.07) is 7.99. The highest BCUT2D eigenvalue weighted by Gasteiger charge is 2.43. The van der Waals surface area contributed by atoms with Gasteiger partial charge in [-0.2, -0.15) is 5.26 Å². The summed E-state index contributed by atoms with van der Waals surface area (Å²) >= 11 is 0. The molecule has 4 nitrogen and oxygen atoms in total. The average molecular weight is 245 g/mol. The molecule has 96 valence electrons. The second kappa shape index (κ2) is 4.77. The van der Waals surface area contributed by atoms with E-state index in [1.165, 1.54) is 0 Å². The molecule has 1 aliphatic carbocycles. The minimum atomic E-state index is 0.0787. The largest absolute Gasteiger partial charge is 0.491 e. The molecule has 1 saturated carbocycles. The molecule has 2 N–H and O–H groups in total. The van der Waals surface area contributed by atoms with Crippen LogP contribution >= 0.6 is 0 Å². The zero-order chi connectivity index (χ0) is 13.2. The first-order chi connectivity index (χ1) is 8.56. The number of nitrogens with zero attached hydrogens (tertiary/aromatic N) is 2. The van der Waals surface area contributed by atoms with E-state index in [0.29, 0.717) is 24.5 Å². The fraction of sp³-hybridized carbons (Fsp3) is 0.500. The van der Waals surface area contributed by atoms with Gasteiger partial charge in [0.15, 0.2) is 0 Å². The zero-order valence-electron chi connectivity index (χ0n) is 10.9. The summed E-state index contributed by atoms with van der Waals surface area (Å²) in [6.07, 6.45) is 2.72. The second-order valence-electron chi connectivity index (χ2n) is 5.24. The molecule has 0 aliphatic heterocycles. The highest BCUT2D eigenvalue weighted by molar-refractivity contribution is 5.61. The summed E-state index contributed by atoms with van der Waals surface area (Å²) in [7, 11) is 3.96. The Bertz CT molecular complexity index is 472. The van der Waals surface area contributed by atoms with Gasteiger partial charge in [-0.3, -0.25) is 0 Å². The van der Waals surface area contributed by atoms with Crippen LogP contribution in [0.2, 0.25) is 0 Å². The predicted octanol–water partition coefficient (Wildman–Crippen LogP) is 2.41. The molecule has 0 saturated heterocycles. The van der Waals surface area contributed by atoms with Crippen LogP contribution in [-0.4, -0.2) is 20.7 Å². The maximum atomic E-state index is 8.77. The molecule has 0 radical (unpaired) electrons. The topological polar surface area (TPSA) is 62.3 Å². The van der Waals surface area contributed by atoms with Crippen LogP contribution in [0, 0.1) is 16.7 Å². The highest BCUT2D eigenvalue weighted by Crippen LogP contribution is 2.49. The standard InChI is InChI=1S/C14H19N3O/c1-17(2)11-3-4-12(16)13(9-11)18-10-14(5-6-14)7-8-15/h3-4,9H,5-7,10,16H2,1-2H3. The first-order valence-corrected chi connectivity index (χ1v) is 6.13. The Labute approximate surface area is 108 Å². The van der Waals surface area contributed by atoms with Gasteiger partial charge in [-0.05, 0) is 25.0 Å². The molecular formula is C14H19N3O. The van der Waals surface area contributed by atoms with Gasteiger partial charge in [-0.15, -0.1) is 0 Å². The van der Waals surface area contributed by atoms with E-state index in [4.69, 9.17) is 15.7 Å². The van der Waals surface area contributed by atoms with Gasteiger partial charge in [0.1, 0.15) is 5.75 Å². The van der Waals surface area contributed by atoms with Crippen LogP contribution in [0.1, 0.15) is 19.3 Å². The van der Waals surface area contributed by atoms with Crippen molar-refractivity contribution in [2.24, 2.45) is 5.41 Å². The van der Waals surface area contributed by atoms with Crippen molar-refractivity contribution in [1.82, 2.24) is 0 Å². The van der Waals surface area contributed by atoms with Crippen molar-refractivity contribution in [1.29, 1.82) is 5.26 Å². The molecule has 0 spiro atoms. The number of hydrogen-bond donors (Lipinski definition) is 1. The number of rotatable bonds is 5. The molecule has 1 aliphatic rings. The molecule has 2 rings (SSSR count). The molecule has 1 fully saturated rings. The Morgan fingerprint density at radius 2 is 2.17 bits per heavy atom. The van der Waals surface area contributed by atoms with E-state index in [1.54, 1.807) is 0 Å². The van der Waals surface area contributed by atoms with E-state index in [2.05, 4.69) is 6.07 Å². The minimum absolute atomic E-state index is 0.0787. The monoisotopic (exact) mass is 245 g/mol.